The summed E-state index contributed by atoms with van der Waals surface area (Å²) in [5.74, 6) is 0.186. The van der Waals surface area contributed by atoms with Gasteiger partial charge in [0.15, 0.2) is 0 Å². The number of piperidine rings is 1. The number of nitrogens with one attached hydrogen (secondary N) is 1. The number of nitrogens with zero attached hydrogens (tertiary/aromatic N) is 3. The van der Waals surface area contributed by atoms with Crippen molar-refractivity contribution in [3.63, 3.8) is 0 Å². The predicted octanol–water partition coefficient (Wildman–Crippen LogP) is 3.81. The highest BCUT2D eigenvalue weighted by molar-refractivity contribution is 6.07. The van der Waals surface area contributed by atoms with Crippen LogP contribution in [-0.2, 0) is 16.1 Å². The number of carbonyl (C=O) groups excluding carboxylic acids is 2. The van der Waals surface area contributed by atoms with Gasteiger partial charge in [-0.2, -0.15) is 0 Å². The monoisotopic (exact) mass is 418 g/mol. The third kappa shape index (κ3) is 4.00. The first-order valence-electron chi connectivity index (χ1n) is 10.9. The first-order valence-corrected chi connectivity index (χ1v) is 10.9. The van der Waals surface area contributed by atoms with Crippen LogP contribution in [0.2, 0.25) is 0 Å². The molecule has 2 fully saturated rings. The Morgan fingerprint density at radius 2 is 2.00 bits per heavy atom. The molecule has 1 aromatic carbocycles. The van der Waals surface area contributed by atoms with Gasteiger partial charge in [-0.25, -0.2) is 0 Å². The van der Waals surface area contributed by atoms with Crippen LogP contribution in [0.5, 0.6) is 0 Å². The Hall–Kier alpha value is -3.35. The lowest BCUT2D eigenvalue weighted by atomic mass is 10.0. The van der Waals surface area contributed by atoms with Crippen molar-refractivity contribution < 1.29 is 14.0 Å². The number of hydrogen-bond donors (Lipinski definition) is 1. The summed E-state index contributed by atoms with van der Waals surface area (Å²) in [6.07, 6.45) is 9.10. The van der Waals surface area contributed by atoms with E-state index >= 15 is 0 Å². The molecular weight excluding hydrogens is 392 g/mol. The van der Waals surface area contributed by atoms with Gasteiger partial charge >= 0.3 is 0 Å². The van der Waals surface area contributed by atoms with E-state index in [0.29, 0.717) is 13.1 Å². The molecule has 2 saturated heterocycles. The van der Waals surface area contributed by atoms with E-state index in [4.69, 9.17) is 4.42 Å². The number of hydrogen-bond acceptors (Lipinski definition) is 5. The van der Waals surface area contributed by atoms with Crippen LogP contribution in [0.1, 0.15) is 31.4 Å². The quantitative estimate of drug-likeness (QED) is 0.682. The molecule has 2 aromatic heterocycles. The molecule has 31 heavy (non-hydrogen) atoms. The van der Waals surface area contributed by atoms with Crippen LogP contribution in [0.4, 0.5) is 11.4 Å². The highest BCUT2D eigenvalue weighted by atomic mass is 16.3. The lowest BCUT2D eigenvalue weighted by Crippen LogP contribution is -2.29. The maximum Gasteiger partial charge on any atom is 0.229 e. The van der Waals surface area contributed by atoms with Crippen molar-refractivity contribution in [2.45, 2.75) is 32.2 Å². The number of likely N-dealkylation sites (tertiary alicyclic amines) is 1. The van der Waals surface area contributed by atoms with Gasteiger partial charge < -0.3 is 19.5 Å². The number of pyridine rings is 1. The second kappa shape index (κ2) is 8.41. The van der Waals surface area contributed by atoms with Crippen molar-refractivity contribution in [2.75, 3.05) is 29.9 Å². The fraction of sp³-hybridized carbons (Fsp3) is 0.375. The Labute approximate surface area is 181 Å². The van der Waals surface area contributed by atoms with Crippen molar-refractivity contribution in [3.8, 4) is 0 Å². The van der Waals surface area contributed by atoms with E-state index < -0.39 is 0 Å². The van der Waals surface area contributed by atoms with E-state index in [2.05, 4.69) is 21.3 Å². The van der Waals surface area contributed by atoms with E-state index in [1.54, 1.807) is 29.6 Å². The summed E-state index contributed by atoms with van der Waals surface area (Å²) in [6, 6.07) is 9.70. The molecule has 2 amide bonds. The number of fused-ring (bicyclic) bond motifs is 1. The molecule has 1 atom stereocenters. The van der Waals surface area contributed by atoms with Crippen LogP contribution in [0.15, 0.2) is 53.4 Å². The normalized spacial score (nSPS) is 19.2. The molecule has 2 aliphatic rings. The van der Waals surface area contributed by atoms with Crippen molar-refractivity contribution in [1.82, 2.24) is 9.88 Å². The lowest BCUT2D eigenvalue weighted by molar-refractivity contribution is -0.128. The zero-order valence-corrected chi connectivity index (χ0v) is 17.4. The SMILES string of the molecule is O=C(Nc1ccc(N2CCCCC2)c2ccncc12)[C@@H]1CC(=O)N(Cc2ccco2)C1. The van der Waals surface area contributed by atoms with Gasteiger partial charge in [-0.3, -0.25) is 14.6 Å². The summed E-state index contributed by atoms with van der Waals surface area (Å²) in [7, 11) is 0. The van der Waals surface area contributed by atoms with Crippen LogP contribution in [0.25, 0.3) is 10.8 Å². The van der Waals surface area contributed by atoms with Crippen LogP contribution in [-0.4, -0.2) is 41.3 Å². The zero-order valence-electron chi connectivity index (χ0n) is 17.4. The standard InChI is InChI=1S/C24H26N4O3/c29-23-13-17(15-28(23)16-18-5-4-12-31-18)24(30)26-21-6-7-22(27-10-2-1-3-11-27)19-8-9-25-14-20(19)21/h4-9,12,14,17H,1-3,10-11,13,15-16H2,(H,26,30)/t17-/m1/s1. The Kier molecular flexibility index (Phi) is 5.32. The van der Waals surface area contributed by atoms with Crippen molar-refractivity contribution in [3.05, 3.63) is 54.7 Å². The zero-order chi connectivity index (χ0) is 21.2. The predicted molar refractivity (Wildman–Crippen MR) is 119 cm³/mol. The van der Waals surface area contributed by atoms with E-state index in [1.165, 1.54) is 24.9 Å². The highest BCUT2D eigenvalue weighted by Crippen LogP contribution is 2.34. The first kappa shape index (κ1) is 19.6. The summed E-state index contributed by atoms with van der Waals surface area (Å²) in [5, 5.41) is 5.08. The second-order valence-electron chi connectivity index (χ2n) is 8.35. The average Bonchev–Trinajstić information content (AvgIpc) is 3.45. The average molecular weight is 418 g/mol. The molecule has 0 saturated carbocycles. The fourth-order valence-electron chi connectivity index (χ4n) is 4.62. The topological polar surface area (TPSA) is 78.7 Å². The number of benzene rings is 1. The molecule has 0 spiro atoms. The first-order chi connectivity index (χ1) is 15.2. The molecule has 5 rings (SSSR count). The van der Waals surface area contributed by atoms with E-state index in [0.717, 1.165) is 35.3 Å². The van der Waals surface area contributed by atoms with E-state index in [9.17, 15) is 9.59 Å². The van der Waals surface area contributed by atoms with Crippen molar-refractivity contribution in [2.24, 2.45) is 5.92 Å². The molecule has 7 nitrogen and oxygen atoms in total. The fourth-order valence-corrected chi connectivity index (χ4v) is 4.62. The summed E-state index contributed by atoms with van der Waals surface area (Å²) in [5.41, 5.74) is 1.93. The minimum Gasteiger partial charge on any atom is -0.467 e. The molecular formula is C24H26N4O3. The molecule has 4 heterocycles. The van der Waals surface area contributed by atoms with Gasteiger partial charge in [0, 0.05) is 54.9 Å². The molecule has 160 valence electrons. The number of aromatic nitrogens is 1. The Balaban J connectivity index is 1.33. The van der Waals surface area contributed by atoms with Crippen LogP contribution in [0.3, 0.4) is 0 Å². The largest absolute Gasteiger partial charge is 0.467 e. The maximum absolute atomic E-state index is 13.0. The molecule has 0 bridgehead atoms. The number of amides is 2. The smallest absolute Gasteiger partial charge is 0.229 e. The van der Waals surface area contributed by atoms with Gasteiger partial charge in [0.05, 0.1) is 24.4 Å². The Morgan fingerprint density at radius 1 is 1.13 bits per heavy atom. The van der Waals surface area contributed by atoms with Gasteiger partial charge in [0.25, 0.3) is 0 Å². The van der Waals surface area contributed by atoms with Gasteiger partial charge in [-0.15, -0.1) is 0 Å². The van der Waals surface area contributed by atoms with Crippen LogP contribution < -0.4 is 10.2 Å². The number of rotatable bonds is 5. The van der Waals surface area contributed by atoms with Crippen molar-refractivity contribution in [1.29, 1.82) is 0 Å². The molecule has 0 unspecified atom stereocenters. The summed E-state index contributed by atoms with van der Waals surface area (Å²) in [4.78, 5) is 33.8. The van der Waals surface area contributed by atoms with E-state index in [-0.39, 0.29) is 24.2 Å². The second-order valence-corrected chi connectivity index (χ2v) is 8.35. The van der Waals surface area contributed by atoms with Gasteiger partial charge in [0.2, 0.25) is 11.8 Å². The van der Waals surface area contributed by atoms with Gasteiger partial charge in [0.1, 0.15) is 5.76 Å². The molecule has 0 aliphatic carbocycles. The molecule has 2 aliphatic heterocycles. The summed E-state index contributed by atoms with van der Waals surface area (Å²) < 4.78 is 5.34. The summed E-state index contributed by atoms with van der Waals surface area (Å²) in [6.45, 7) is 2.90. The minimum absolute atomic E-state index is 0.0245. The number of carbonyl (C=O) groups is 2. The minimum atomic E-state index is -0.379. The van der Waals surface area contributed by atoms with Gasteiger partial charge in [-0.05, 0) is 49.6 Å². The molecule has 7 heteroatoms. The maximum atomic E-state index is 13.0. The molecule has 1 N–H and O–H groups in total. The lowest BCUT2D eigenvalue weighted by Gasteiger charge is -2.30. The van der Waals surface area contributed by atoms with Crippen LogP contribution in [0, 0.1) is 5.92 Å². The number of furan rings is 1. The Morgan fingerprint density at radius 3 is 2.81 bits per heavy atom. The number of anilines is 2. The Bertz CT molecular complexity index is 1090. The van der Waals surface area contributed by atoms with Crippen LogP contribution >= 0.6 is 0 Å². The third-order valence-electron chi connectivity index (χ3n) is 6.26. The molecule has 0 radical (unpaired) electrons. The molecule has 3 aromatic rings. The van der Waals surface area contributed by atoms with Crippen molar-refractivity contribution >= 4 is 34.0 Å². The van der Waals surface area contributed by atoms with E-state index in [1.807, 2.05) is 18.2 Å². The van der Waals surface area contributed by atoms with Gasteiger partial charge in [-0.1, -0.05) is 0 Å². The third-order valence-corrected chi connectivity index (χ3v) is 6.26. The summed E-state index contributed by atoms with van der Waals surface area (Å²) >= 11 is 0. The highest BCUT2D eigenvalue weighted by Gasteiger charge is 2.35.